The lowest BCUT2D eigenvalue weighted by atomic mass is 10.1. The van der Waals surface area contributed by atoms with Crippen LogP contribution in [0.15, 0.2) is 0 Å². The minimum atomic E-state index is -0.253. The second-order valence-electron chi connectivity index (χ2n) is 5.24. The molecular weight excluding hydrogens is 248 g/mol. The Morgan fingerprint density at radius 1 is 1.53 bits per heavy atom. The minimum absolute atomic E-state index is 0.0137. The maximum atomic E-state index is 12.4. The Kier molecular flexibility index (Phi) is 4.76. The number of carbonyl (C=O) groups is 2. The lowest BCUT2D eigenvalue weighted by Gasteiger charge is -2.26. The van der Waals surface area contributed by atoms with E-state index in [-0.39, 0.29) is 36.8 Å². The van der Waals surface area contributed by atoms with E-state index in [0.29, 0.717) is 26.2 Å². The van der Waals surface area contributed by atoms with Crippen molar-refractivity contribution in [2.24, 2.45) is 5.92 Å². The summed E-state index contributed by atoms with van der Waals surface area (Å²) in [5.74, 6) is -0.212. The molecule has 19 heavy (non-hydrogen) atoms. The smallest absolute Gasteiger partial charge is 0.228 e. The number of hydrogen-bond acceptors (Lipinski definition) is 4. The summed E-state index contributed by atoms with van der Waals surface area (Å²) >= 11 is 0. The molecule has 2 unspecified atom stereocenters. The molecule has 0 aromatic carbocycles. The molecule has 2 heterocycles. The summed E-state index contributed by atoms with van der Waals surface area (Å²) in [4.78, 5) is 27.6. The Balaban J connectivity index is 1.92. The second-order valence-corrected chi connectivity index (χ2v) is 5.24. The fourth-order valence-corrected chi connectivity index (χ4v) is 2.91. The summed E-state index contributed by atoms with van der Waals surface area (Å²) in [5.41, 5.74) is 0. The Bertz CT molecular complexity index is 348. The largest absolute Gasteiger partial charge is 0.394 e. The third-order valence-electron chi connectivity index (χ3n) is 4.00. The zero-order valence-electron chi connectivity index (χ0n) is 11.4. The van der Waals surface area contributed by atoms with Crippen LogP contribution >= 0.6 is 0 Å². The zero-order valence-corrected chi connectivity index (χ0v) is 11.4. The standard InChI is InChI=1S/C13H22N2O4/c1-19-6-5-14-8-10(7-12(14)17)13(18)15-4-2-3-11(15)9-16/h10-11,16H,2-9H2,1H3. The highest BCUT2D eigenvalue weighted by Crippen LogP contribution is 2.25. The van der Waals surface area contributed by atoms with Gasteiger partial charge in [0.05, 0.1) is 25.2 Å². The van der Waals surface area contributed by atoms with E-state index < -0.39 is 0 Å². The van der Waals surface area contributed by atoms with Gasteiger partial charge in [0.25, 0.3) is 0 Å². The van der Waals surface area contributed by atoms with E-state index in [9.17, 15) is 14.7 Å². The maximum absolute atomic E-state index is 12.4. The highest BCUT2D eigenvalue weighted by Gasteiger charge is 2.39. The topological polar surface area (TPSA) is 70.1 Å². The third-order valence-corrected chi connectivity index (χ3v) is 4.00. The fourth-order valence-electron chi connectivity index (χ4n) is 2.91. The summed E-state index contributed by atoms with van der Waals surface area (Å²) in [7, 11) is 1.60. The van der Waals surface area contributed by atoms with Crippen LogP contribution in [0, 0.1) is 5.92 Å². The van der Waals surface area contributed by atoms with Crippen LogP contribution in [0.1, 0.15) is 19.3 Å². The quantitative estimate of drug-likeness (QED) is 0.729. The Morgan fingerprint density at radius 3 is 3.00 bits per heavy atom. The van der Waals surface area contributed by atoms with Crippen molar-refractivity contribution in [3.8, 4) is 0 Å². The molecule has 2 amide bonds. The van der Waals surface area contributed by atoms with Gasteiger partial charge in [-0.15, -0.1) is 0 Å². The highest BCUT2D eigenvalue weighted by atomic mass is 16.5. The SMILES string of the molecule is COCCN1CC(C(=O)N2CCCC2CO)CC1=O. The average molecular weight is 270 g/mol. The van der Waals surface area contributed by atoms with Gasteiger partial charge in [-0.3, -0.25) is 9.59 Å². The van der Waals surface area contributed by atoms with Crippen molar-refractivity contribution in [3.05, 3.63) is 0 Å². The van der Waals surface area contributed by atoms with Crippen molar-refractivity contribution in [1.82, 2.24) is 9.80 Å². The molecule has 6 heteroatoms. The predicted molar refractivity (Wildman–Crippen MR) is 68.4 cm³/mol. The number of nitrogens with zero attached hydrogens (tertiary/aromatic N) is 2. The summed E-state index contributed by atoms with van der Waals surface area (Å²) in [5, 5.41) is 9.26. The van der Waals surface area contributed by atoms with Gasteiger partial charge in [-0.05, 0) is 12.8 Å². The van der Waals surface area contributed by atoms with E-state index in [0.717, 1.165) is 12.8 Å². The molecule has 2 aliphatic heterocycles. The van der Waals surface area contributed by atoms with Gasteiger partial charge in [-0.25, -0.2) is 0 Å². The Labute approximate surface area is 113 Å². The van der Waals surface area contributed by atoms with Gasteiger partial charge >= 0.3 is 0 Å². The van der Waals surface area contributed by atoms with Crippen LogP contribution in [0.4, 0.5) is 0 Å². The number of likely N-dealkylation sites (tertiary alicyclic amines) is 2. The predicted octanol–water partition coefficient (Wildman–Crippen LogP) is -0.535. The lowest BCUT2D eigenvalue weighted by molar-refractivity contribution is -0.137. The summed E-state index contributed by atoms with van der Waals surface area (Å²) in [6.07, 6.45) is 2.08. The molecule has 2 rings (SSSR count). The van der Waals surface area contributed by atoms with Crippen molar-refractivity contribution in [3.63, 3.8) is 0 Å². The second kappa shape index (κ2) is 6.34. The third kappa shape index (κ3) is 3.06. The fraction of sp³-hybridized carbons (Fsp3) is 0.846. The molecule has 1 N–H and O–H groups in total. The molecule has 108 valence electrons. The number of rotatable bonds is 5. The molecule has 2 atom stereocenters. The van der Waals surface area contributed by atoms with Gasteiger partial charge in [0, 0.05) is 33.2 Å². The van der Waals surface area contributed by atoms with Gasteiger partial charge in [-0.2, -0.15) is 0 Å². The van der Waals surface area contributed by atoms with Crippen LogP contribution in [-0.4, -0.2) is 72.7 Å². The molecule has 0 radical (unpaired) electrons. The zero-order chi connectivity index (χ0) is 13.8. The first-order chi connectivity index (χ1) is 9.17. The molecule has 2 aliphatic rings. The van der Waals surface area contributed by atoms with Gasteiger partial charge < -0.3 is 19.6 Å². The van der Waals surface area contributed by atoms with Crippen molar-refractivity contribution in [2.45, 2.75) is 25.3 Å². The number of ether oxygens (including phenoxy) is 1. The van der Waals surface area contributed by atoms with Crippen LogP contribution in [-0.2, 0) is 14.3 Å². The Morgan fingerprint density at radius 2 is 2.32 bits per heavy atom. The van der Waals surface area contributed by atoms with Crippen molar-refractivity contribution in [1.29, 1.82) is 0 Å². The van der Waals surface area contributed by atoms with E-state index in [2.05, 4.69) is 0 Å². The van der Waals surface area contributed by atoms with Gasteiger partial charge in [0.1, 0.15) is 0 Å². The highest BCUT2D eigenvalue weighted by molar-refractivity contribution is 5.89. The number of aliphatic hydroxyl groups excluding tert-OH is 1. The van der Waals surface area contributed by atoms with Crippen LogP contribution in [0.2, 0.25) is 0 Å². The molecule has 0 saturated carbocycles. The normalized spacial score (nSPS) is 27.4. The van der Waals surface area contributed by atoms with Gasteiger partial charge in [0.15, 0.2) is 0 Å². The van der Waals surface area contributed by atoms with Crippen LogP contribution in [0.25, 0.3) is 0 Å². The average Bonchev–Trinajstić information content (AvgIpc) is 3.02. The number of hydrogen-bond donors (Lipinski definition) is 1. The van der Waals surface area contributed by atoms with E-state index in [1.165, 1.54) is 0 Å². The van der Waals surface area contributed by atoms with Gasteiger partial charge in [0.2, 0.25) is 11.8 Å². The van der Waals surface area contributed by atoms with Crippen molar-refractivity contribution >= 4 is 11.8 Å². The first-order valence-electron chi connectivity index (χ1n) is 6.85. The lowest BCUT2D eigenvalue weighted by Crippen LogP contribution is -2.42. The summed E-state index contributed by atoms with van der Waals surface area (Å²) < 4.78 is 4.96. The first kappa shape index (κ1) is 14.3. The minimum Gasteiger partial charge on any atom is -0.394 e. The molecule has 0 bridgehead atoms. The molecule has 0 aliphatic carbocycles. The number of amides is 2. The molecule has 0 spiro atoms. The van der Waals surface area contributed by atoms with E-state index in [4.69, 9.17) is 4.74 Å². The van der Waals surface area contributed by atoms with Crippen LogP contribution < -0.4 is 0 Å². The van der Waals surface area contributed by atoms with E-state index in [1.54, 1.807) is 16.9 Å². The van der Waals surface area contributed by atoms with Crippen molar-refractivity contribution < 1.29 is 19.4 Å². The molecule has 2 fully saturated rings. The van der Waals surface area contributed by atoms with Crippen molar-refractivity contribution in [2.75, 3.05) is 40.0 Å². The molecule has 0 aromatic rings. The molecular formula is C13H22N2O4. The Hall–Kier alpha value is -1.14. The maximum Gasteiger partial charge on any atom is 0.228 e. The molecule has 6 nitrogen and oxygen atoms in total. The molecule has 2 saturated heterocycles. The number of methoxy groups -OCH3 is 1. The number of carbonyl (C=O) groups excluding carboxylic acids is 2. The van der Waals surface area contributed by atoms with E-state index >= 15 is 0 Å². The molecule has 0 aromatic heterocycles. The summed E-state index contributed by atoms with van der Waals surface area (Å²) in [6.45, 7) is 2.24. The summed E-state index contributed by atoms with van der Waals surface area (Å²) in [6, 6.07) is -0.0596. The number of aliphatic hydroxyl groups is 1. The van der Waals surface area contributed by atoms with Crippen LogP contribution in [0.5, 0.6) is 0 Å². The monoisotopic (exact) mass is 270 g/mol. The first-order valence-corrected chi connectivity index (χ1v) is 6.85. The van der Waals surface area contributed by atoms with E-state index in [1.807, 2.05) is 0 Å². The van der Waals surface area contributed by atoms with Crippen LogP contribution in [0.3, 0.4) is 0 Å². The van der Waals surface area contributed by atoms with Gasteiger partial charge in [-0.1, -0.05) is 0 Å².